The maximum absolute atomic E-state index is 12.8. The van der Waals surface area contributed by atoms with E-state index in [-0.39, 0.29) is 11.4 Å². The first kappa shape index (κ1) is 21.7. The Labute approximate surface area is 172 Å². The number of nitro groups is 1. The van der Waals surface area contributed by atoms with Gasteiger partial charge in [-0.05, 0) is 30.7 Å². The quantitative estimate of drug-likeness (QED) is 0.289. The molecule has 1 N–H and O–H groups in total. The summed E-state index contributed by atoms with van der Waals surface area (Å²) in [4.78, 5) is 23.3. The Balaban J connectivity index is 2.20. The minimum absolute atomic E-state index is 0.141. The first-order valence-corrected chi connectivity index (χ1v) is 9.81. The fourth-order valence-corrected chi connectivity index (χ4v) is 2.97. The molecule has 0 radical (unpaired) electrons. The van der Waals surface area contributed by atoms with E-state index in [1.807, 2.05) is 0 Å². The van der Waals surface area contributed by atoms with Gasteiger partial charge in [-0.1, -0.05) is 42.1 Å². The van der Waals surface area contributed by atoms with Crippen molar-refractivity contribution in [3.05, 3.63) is 56.5 Å². The molecule has 2 aromatic carbocycles. The van der Waals surface area contributed by atoms with Gasteiger partial charge in [0, 0.05) is 16.6 Å². The topological polar surface area (TPSA) is 90.7 Å². The van der Waals surface area contributed by atoms with Crippen LogP contribution in [-0.4, -0.2) is 24.5 Å². The monoisotopic (exact) mass is 450 g/mol. The van der Waals surface area contributed by atoms with Gasteiger partial charge < -0.3 is 14.8 Å². The lowest BCUT2D eigenvalue weighted by molar-refractivity contribution is -0.384. The third-order valence-corrected chi connectivity index (χ3v) is 4.58. The summed E-state index contributed by atoms with van der Waals surface area (Å²) in [5.41, 5.74) is 0.409. The van der Waals surface area contributed by atoms with E-state index in [4.69, 9.17) is 9.47 Å². The number of rotatable bonds is 10. The fraction of sp³-hybridized carbons (Fsp3) is 0.350. The lowest BCUT2D eigenvalue weighted by atomic mass is 10.1. The number of carbonyl (C=O) groups excluding carboxylic acids is 1. The number of hydrogen-bond donors (Lipinski definition) is 1. The highest BCUT2D eigenvalue weighted by Gasteiger charge is 2.18. The van der Waals surface area contributed by atoms with Crippen LogP contribution < -0.4 is 14.8 Å². The molecule has 0 aliphatic rings. The number of halogens is 1. The van der Waals surface area contributed by atoms with Crippen LogP contribution in [0.4, 0.5) is 11.4 Å². The molecule has 0 aliphatic heterocycles. The van der Waals surface area contributed by atoms with E-state index in [1.165, 1.54) is 25.3 Å². The van der Waals surface area contributed by atoms with E-state index in [0.717, 1.165) is 30.2 Å². The Morgan fingerprint density at radius 2 is 1.89 bits per heavy atom. The van der Waals surface area contributed by atoms with E-state index in [0.29, 0.717) is 23.7 Å². The average molecular weight is 451 g/mol. The Morgan fingerprint density at radius 3 is 2.57 bits per heavy atom. The molecule has 2 rings (SSSR count). The van der Waals surface area contributed by atoms with Crippen LogP contribution in [0.3, 0.4) is 0 Å². The molecular formula is C20H23BrN2O5. The van der Waals surface area contributed by atoms with Gasteiger partial charge in [-0.3, -0.25) is 14.9 Å². The number of nitrogens with one attached hydrogen (secondary N) is 1. The molecule has 28 heavy (non-hydrogen) atoms. The van der Waals surface area contributed by atoms with Crippen molar-refractivity contribution >= 4 is 33.2 Å². The van der Waals surface area contributed by atoms with Crippen LogP contribution in [0.1, 0.15) is 43.0 Å². The van der Waals surface area contributed by atoms with Crippen LogP contribution in [0, 0.1) is 10.1 Å². The molecule has 8 heteroatoms. The number of nitrogens with zero attached hydrogens (tertiary/aromatic N) is 1. The van der Waals surface area contributed by atoms with E-state index >= 15 is 0 Å². The predicted molar refractivity (Wildman–Crippen MR) is 111 cm³/mol. The van der Waals surface area contributed by atoms with Crippen LogP contribution in [0.25, 0.3) is 0 Å². The average Bonchev–Trinajstić information content (AvgIpc) is 2.68. The Bertz CT molecular complexity index is 841. The van der Waals surface area contributed by atoms with Gasteiger partial charge in [-0.25, -0.2) is 0 Å². The van der Waals surface area contributed by atoms with Gasteiger partial charge in [0.25, 0.3) is 11.6 Å². The van der Waals surface area contributed by atoms with Crippen LogP contribution in [-0.2, 0) is 0 Å². The molecule has 2 aromatic rings. The predicted octanol–water partition coefficient (Wildman–Crippen LogP) is 5.58. The number of methoxy groups -OCH3 is 1. The summed E-state index contributed by atoms with van der Waals surface area (Å²) in [6, 6.07) is 9.20. The first-order chi connectivity index (χ1) is 13.5. The van der Waals surface area contributed by atoms with Crippen LogP contribution in [0.2, 0.25) is 0 Å². The fourth-order valence-electron chi connectivity index (χ4n) is 2.61. The summed E-state index contributed by atoms with van der Waals surface area (Å²) < 4.78 is 11.7. The van der Waals surface area contributed by atoms with E-state index in [1.54, 1.807) is 18.2 Å². The lowest BCUT2D eigenvalue weighted by Gasteiger charge is -2.14. The zero-order valence-electron chi connectivity index (χ0n) is 15.9. The van der Waals surface area contributed by atoms with Gasteiger partial charge >= 0.3 is 0 Å². The second-order valence-electron chi connectivity index (χ2n) is 6.15. The maximum Gasteiger partial charge on any atom is 0.271 e. The number of carbonyl (C=O) groups is 1. The summed E-state index contributed by atoms with van der Waals surface area (Å²) in [6.07, 6.45) is 4.25. The van der Waals surface area contributed by atoms with Gasteiger partial charge in [-0.15, -0.1) is 0 Å². The first-order valence-electron chi connectivity index (χ1n) is 9.02. The second-order valence-corrected chi connectivity index (χ2v) is 7.06. The van der Waals surface area contributed by atoms with Gasteiger partial charge in [-0.2, -0.15) is 0 Å². The van der Waals surface area contributed by atoms with E-state index in [9.17, 15) is 14.9 Å². The standard InChI is InChI=1S/C20H23BrN2O5/c1-3-4-5-6-11-28-18-9-7-14(21)12-16(18)20(24)22-17-13-15(23(25)26)8-10-19(17)27-2/h7-10,12-13H,3-6,11H2,1-2H3,(H,22,24). The molecule has 0 fully saturated rings. The summed E-state index contributed by atoms with van der Waals surface area (Å²) >= 11 is 3.36. The van der Waals surface area contributed by atoms with Gasteiger partial charge in [0.15, 0.2) is 0 Å². The van der Waals surface area contributed by atoms with E-state index in [2.05, 4.69) is 28.2 Å². The molecule has 0 bridgehead atoms. The summed E-state index contributed by atoms with van der Waals surface area (Å²) in [7, 11) is 1.43. The number of amides is 1. The maximum atomic E-state index is 12.8. The third kappa shape index (κ3) is 5.95. The molecule has 0 unspecified atom stereocenters. The summed E-state index contributed by atoms with van der Waals surface area (Å²) in [5.74, 6) is 0.348. The molecular weight excluding hydrogens is 428 g/mol. The summed E-state index contributed by atoms with van der Waals surface area (Å²) in [6.45, 7) is 2.66. The highest BCUT2D eigenvalue weighted by molar-refractivity contribution is 9.10. The highest BCUT2D eigenvalue weighted by atomic mass is 79.9. The molecule has 150 valence electrons. The number of unbranched alkanes of at least 4 members (excludes halogenated alkanes) is 3. The normalized spacial score (nSPS) is 10.4. The van der Waals surface area contributed by atoms with Crippen LogP contribution in [0.15, 0.2) is 40.9 Å². The van der Waals surface area contributed by atoms with Crippen molar-refractivity contribution < 1.29 is 19.2 Å². The van der Waals surface area contributed by atoms with Crippen molar-refractivity contribution in [2.45, 2.75) is 32.6 Å². The number of ether oxygens (including phenoxy) is 2. The zero-order chi connectivity index (χ0) is 20.5. The largest absolute Gasteiger partial charge is 0.495 e. The van der Waals surface area contributed by atoms with Crippen molar-refractivity contribution in [1.29, 1.82) is 0 Å². The number of non-ortho nitro benzene ring substituents is 1. The van der Waals surface area contributed by atoms with Crippen molar-refractivity contribution in [3.63, 3.8) is 0 Å². The molecule has 0 spiro atoms. The van der Waals surface area contributed by atoms with Gasteiger partial charge in [0.2, 0.25) is 0 Å². The van der Waals surface area contributed by atoms with Gasteiger partial charge in [0.05, 0.1) is 29.9 Å². The SMILES string of the molecule is CCCCCCOc1ccc(Br)cc1C(=O)Nc1cc([N+](=O)[O-])ccc1OC. The molecule has 0 saturated heterocycles. The highest BCUT2D eigenvalue weighted by Crippen LogP contribution is 2.31. The van der Waals surface area contributed by atoms with Crippen molar-refractivity contribution in [3.8, 4) is 11.5 Å². The lowest BCUT2D eigenvalue weighted by Crippen LogP contribution is -2.15. The number of nitro benzene ring substituents is 1. The Kier molecular flexibility index (Phi) is 8.25. The molecule has 0 heterocycles. The molecule has 0 aromatic heterocycles. The number of anilines is 1. The minimum atomic E-state index is -0.529. The Morgan fingerprint density at radius 1 is 1.14 bits per heavy atom. The molecule has 7 nitrogen and oxygen atoms in total. The molecule has 1 amide bonds. The number of benzene rings is 2. The van der Waals surface area contributed by atoms with Crippen molar-refractivity contribution in [1.82, 2.24) is 0 Å². The zero-order valence-corrected chi connectivity index (χ0v) is 17.5. The van der Waals surface area contributed by atoms with Crippen molar-refractivity contribution in [2.24, 2.45) is 0 Å². The Hall–Kier alpha value is -2.61. The van der Waals surface area contributed by atoms with E-state index < -0.39 is 10.8 Å². The smallest absolute Gasteiger partial charge is 0.271 e. The minimum Gasteiger partial charge on any atom is -0.495 e. The van der Waals surface area contributed by atoms with Gasteiger partial charge in [0.1, 0.15) is 11.5 Å². The summed E-state index contributed by atoms with van der Waals surface area (Å²) in [5, 5.41) is 13.7. The van der Waals surface area contributed by atoms with Crippen LogP contribution >= 0.6 is 15.9 Å². The van der Waals surface area contributed by atoms with Crippen molar-refractivity contribution in [2.75, 3.05) is 19.0 Å². The molecule has 0 atom stereocenters. The number of hydrogen-bond acceptors (Lipinski definition) is 5. The van der Waals surface area contributed by atoms with Crippen LogP contribution in [0.5, 0.6) is 11.5 Å². The second kappa shape index (κ2) is 10.7. The molecule has 0 saturated carbocycles. The molecule has 0 aliphatic carbocycles. The third-order valence-electron chi connectivity index (χ3n) is 4.08.